The van der Waals surface area contributed by atoms with Crippen molar-refractivity contribution < 1.29 is 19.0 Å². The maximum Gasteiger partial charge on any atom is 0.343 e. The fraction of sp³-hybridized carbons (Fsp3) is 0.472. The summed E-state index contributed by atoms with van der Waals surface area (Å²) in [5.74, 6) is 1.06. The Morgan fingerprint density at radius 2 is 1.20 bits per heavy atom. The molecule has 0 N–H and O–H groups in total. The standard InChI is InChI=1S/C36H48O4/c1-4-6-8-10-11-12-14-29(3)39-34-25-21-32(22-26-34)31-17-19-33(20-18-31)36(37)40-35-23-15-30(16-24-35)28-38-27-13-9-7-5-2/h15-26,29H,4-14,27-28H2,1-3H3/t29-/m1/s1. The predicted molar refractivity (Wildman–Crippen MR) is 165 cm³/mol. The molecule has 0 heterocycles. The van der Waals surface area contributed by atoms with Gasteiger partial charge in [-0.3, -0.25) is 0 Å². The lowest BCUT2D eigenvalue weighted by molar-refractivity contribution is 0.0734. The third kappa shape index (κ3) is 11.6. The van der Waals surface area contributed by atoms with Crippen LogP contribution in [0.4, 0.5) is 0 Å². The molecule has 0 aliphatic carbocycles. The average molecular weight is 545 g/mol. The molecule has 40 heavy (non-hydrogen) atoms. The number of rotatable bonds is 19. The van der Waals surface area contributed by atoms with Crippen LogP contribution < -0.4 is 9.47 Å². The Balaban J connectivity index is 1.42. The van der Waals surface area contributed by atoms with Crippen LogP contribution in [0.2, 0.25) is 0 Å². The molecule has 0 saturated carbocycles. The van der Waals surface area contributed by atoms with Crippen LogP contribution in [-0.4, -0.2) is 18.7 Å². The second kappa shape index (κ2) is 18.3. The minimum Gasteiger partial charge on any atom is -0.491 e. The van der Waals surface area contributed by atoms with Crippen LogP contribution in [0.5, 0.6) is 11.5 Å². The fourth-order valence-corrected chi connectivity index (χ4v) is 4.67. The van der Waals surface area contributed by atoms with Crippen LogP contribution in [0.15, 0.2) is 72.8 Å². The Kier molecular flexibility index (Phi) is 14.4. The summed E-state index contributed by atoms with van der Waals surface area (Å²) in [6, 6.07) is 23.2. The Labute approximate surface area is 242 Å². The summed E-state index contributed by atoms with van der Waals surface area (Å²) in [7, 11) is 0. The van der Waals surface area contributed by atoms with Gasteiger partial charge in [0.05, 0.1) is 18.3 Å². The molecule has 0 radical (unpaired) electrons. The van der Waals surface area contributed by atoms with Gasteiger partial charge in [0.15, 0.2) is 0 Å². The second-order valence-corrected chi connectivity index (χ2v) is 10.7. The Morgan fingerprint density at radius 3 is 1.85 bits per heavy atom. The lowest BCUT2D eigenvalue weighted by Gasteiger charge is -2.15. The van der Waals surface area contributed by atoms with Gasteiger partial charge < -0.3 is 14.2 Å². The molecule has 0 spiro atoms. The fourth-order valence-electron chi connectivity index (χ4n) is 4.67. The molecule has 0 aliphatic rings. The van der Waals surface area contributed by atoms with Gasteiger partial charge in [-0.1, -0.05) is 102 Å². The van der Waals surface area contributed by atoms with Crippen LogP contribution in [-0.2, 0) is 11.3 Å². The minimum absolute atomic E-state index is 0.215. The van der Waals surface area contributed by atoms with Crippen molar-refractivity contribution in [2.24, 2.45) is 0 Å². The number of hydrogen-bond acceptors (Lipinski definition) is 4. The lowest BCUT2D eigenvalue weighted by Crippen LogP contribution is -2.11. The first-order valence-electron chi connectivity index (χ1n) is 15.3. The molecule has 0 aliphatic heterocycles. The molecule has 0 fully saturated rings. The van der Waals surface area contributed by atoms with Gasteiger partial charge in [-0.15, -0.1) is 0 Å². The van der Waals surface area contributed by atoms with Crippen molar-refractivity contribution in [1.82, 2.24) is 0 Å². The number of carbonyl (C=O) groups excluding carboxylic acids is 1. The molecule has 4 nitrogen and oxygen atoms in total. The lowest BCUT2D eigenvalue weighted by atomic mass is 10.0. The van der Waals surface area contributed by atoms with Crippen molar-refractivity contribution in [1.29, 1.82) is 0 Å². The van der Waals surface area contributed by atoms with E-state index in [-0.39, 0.29) is 12.1 Å². The molecule has 0 aromatic heterocycles. The number of hydrogen-bond donors (Lipinski definition) is 0. The van der Waals surface area contributed by atoms with E-state index in [1.807, 2.05) is 60.7 Å². The molecule has 0 amide bonds. The van der Waals surface area contributed by atoms with E-state index >= 15 is 0 Å². The van der Waals surface area contributed by atoms with Crippen LogP contribution >= 0.6 is 0 Å². The first-order valence-corrected chi connectivity index (χ1v) is 15.3. The smallest absolute Gasteiger partial charge is 0.343 e. The monoisotopic (exact) mass is 544 g/mol. The van der Waals surface area contributed by atoms with Crippen LogP contribution in [0.1, 0.15) is 107 Å². The van der Waals surface area contributed by atoms with Crippen LogP contribution in [0.25, 0.3) is 11.1 Å². The van der Waals surface area contributed by atoms with Crippen LogP contribution in [0, 0.1) is 0 Å². The summed E-state index contributed by atoms with van der Waals surface area (Å²) < 4.78 is 17.4. The summed E-state index contributed by atoms with van der Waals surface area (Å²) in [5.41, 5.74) is 3.72. The highest BCUT2D eigenvalue weighted by atomic mass is 16.5. The normalized spacial score (nSPS) is 11.8. The number of carbonyl (C=O) groups is 1. The van der Waals surface area contributed by atoms with Gasteiger partial charge in [-0.05, 0) is 79.3 Å². The first kappa shape index (κ1) is 31.4. The highest BCUT2D eigenvalue weighted by Crippen LogP contribution is 2.25. The van der Waals surface area contributed by atoms with E-state index in [2.05, 4.69) is 32.9 Å². The van der Waals surface area contributed by atoms with Crippen molar-refractivity contribution in [2.45, 2.75) is 104 Å². The summed E-state index contributed by atoms with van der Waals surface area (Å²) in [4.78, 5) is 12.7. The number of ether oxygens (including phenoxy) is 3. The van der Waals surface area contributed by atoms with Gasteiger partial charge in [-0.2, -0.15) is 0 Å². The molecule has 0 unspecified atom stereocenters. The zero-order chi connectivity index (χ0) is 28.4. The highest BCUT2D eigenvalue weighted by Gasteiger charge is 2.10. The van der Waals surface area contributed by atoms with E-state index in [0.29, 0.717) is 17.9 Å². The maximum absolute atomic E-state index is 12.7. The molecule has 0 saturated heterocycles. The molecule has 3 rings (SSSR count). The Bertz CT molecular complexity index is 1090. The Morgan fingerprint density at radius 1 is 0.650 bits per heavy atom. The average Bonchev–Trinajstić information content (AvgIpc) is 2.98. The van der Waals surface area contributed by atoms with Gasteiger partial charge in [-0.25, -0.2) is 4.79 Å². The van der Waals surface area contributed by atoms with E-state index < -0.39 is 0 Å². The van der Waals surface area contributed by atoms with Crippen molar-refractivity contribution in [3.05, 3.63) is 83.9 Å². The van der Waals surface area contributed by atoms with E-state index in [0.717, 1.165) is 41.9 Å². The highest BCUT2D eigenvalue weighted by molar-refractivity contribution is 5.91. The predicted octanol–water partition coefficient (Wildman–Crippen LogP) is 10.2. The zero-order valence-corrected chi connectivity index (χ0v) is 24.8. The van der Waals surface area contributed by atoms with Crippen molar-refractivity contribution in [3.63, 3.8) is 0 Å². The van der Waals surface area contributed by atoms with E-state index in [4.69, 9.17) is 14.2 Å². The summed E-state index contributed by atoms with van der Waals surface area (Å²) >= 11 is 0. The minimum atomic E-state index is -0.366. The van der Waals surface area contributed by atoms with E-state index in [9.17, 15) is 4.79 Å². The van der Waals surface area contributed by atoms with Crippen molar-refractivity contribution >= 4 is 5.97 Å². The number of esters is 1. The van der Waals surface area contributed by atoms with Crippen LogP contribution in [0.3, 0.4) is 0 Å². The molecule has 0 bridgehead atoms. The molecule has 216 valence electrons. The van der Waals surface area contributed by atoms with E-state index in [1.165, 1.54) is 57.8 Å². The van der Waals surface area contributed by atoms with Gasteiger partial charge in [0.2, 0.25) is 0 Å². The third-order valence-electron chi connectivity index (χ3n) is 7.15. The number of unbranched alkanes of at least 4 members (excludes halogenated alkanes) is 8. The largest absolute Gasteiger partial charge is 0.491 e. The topological polar surface area (TPSA) is 44.8 Å². The third-order valence-corrected chi connectivity index (χ3v) is 7.15. The quantitative estimate of drug-likeness (QED) is 0.0855. The van der Waals surface area contributed by atoms with Gasteiger partial charge in [0.25, 0.3) is 0 Å². The Hall–Kier alpha value is -3.11. The van der Waals surface area contributed by atoms with Crippen molar-refractivity contribution in [3.8, 4) is 22.6 Å². The van der Waals surface area contributed by atoms with Gasteiger partial charge >= 0.3 is 5.97 Å². The summed E-state index contributed by atoms with van der Waals surface area (Å²) in [6.07, 6.45) is 13.9. The first-order chi connectivity index (χ1) is 19.6. The van der Waals surface area contributed by atoms with E-state index in [1.54, 1.807) is 0 Å². The van der Waals surface area contributed by atoms with Gasteiger partial charge in [0.1, 0.15) is 11.5 Å². The molecule has 1 atom stereocenters. The molecular formula is C36H48O4. The van der Waals surface area contributed by atoms with Crippen molar-refractivity contribution in [2.75, 3.05) is 6.61 Å². The molecule has 3 aromatic carbocycles. The number of benzene rings is 3. The molecule has 4 heteroatoms. The SMILES string of the molecule is CCCCCCCC[C@@H](C)Oc1ccc(-c2ccc(C(=O)Oc3ccc(COCCCCCC)cc3)cc2)cc1. The molecular weight excluding hydrogens is 496 g/mol. The summed E-state index contributed by atoms with van der Waals surface area (Å²) in [5, 5.41) is 0. The second-order valence-electron chi connectivity index (χ2n) is 10.7. The summed E-state index contributed by atoms with van der Waals surface area (Å²) in [6.45, 7) is 7.97. The zero-order valence-electron chi connectivity index (χ0n) is 24.8. The molecule has 3 aromatic rings. The maximum atomic E-state index is 12.7. The van der Waals surface area contributed by atoms with Gasteiger partial charge in [0, 0.05) is 6.61 Å².